The molecule has 0 spiro atoms. The lowest BCUT2D eigenvalue weighted by molar-refractivity contribution is 0.207. The number of hydrogen-bond acceptors (Lipinski definition) is 2. The molecule has 0 aliphatic carbocycles. The van der Waals surface area contributed by atoms with Gasteiger partial charge in [-0.15, -0.1) is 0 Å². The Morgan fingerprint density at radius 2 is 2.19 bits per heavy atom. The van der Waals surface area contributed by atoms with Crippen LogP contribution in [0.15, 0.2) is 10.5 Å². The van der Waals surface area contributed by atoms with Crippen molar-refractivity contribution in [2.75, 3.05) is 13.6 Å². The minimum atomic E-state index is -0.0618. The largest absolute Gasteiger partial charge is 0.466 e. The molecule has 0 saturated heterocycles. The molecule has 1 atom stereocenters. The number of carbonyl (C=O) groups excluding carboxylic acids is 1. The Hall–Kier alpha value is -1.45. The molecular formula is C12H20N2O2. The molecular weight excluding hydrogens is 204 g/mol. The van der Waals surface area contributed by atoms with Crippen molar-refractivity contribution >= 4 is 6.03 Å². The van der Waals surface area contributed by atoms with Crippen molar-refractivity contribution in [2.45, 2.75) is 33.7 Å². The van der Waals surface area contributed by atoms with Crippen LogP contribution < -0.4 is 5.32 Å². The third-order valence-electron chi connectivity index (χ3n) is 2.71. The highest BCUT2D eigenvalue weighted by atomic mass is 16.3. The number of rotatable bonds is 3. The maximum atomic E-state index is 11.7. The van der Waals surface area contributed by atoms with Crippen LogP contribution in [0.1, 0.15) is 37.0 Å². The van der Waals surface area contributed by atoms with E-state index in [9.17, 15) is 4.79 Å². The summed E-state index contributed by atoms with van der Waals surface area (Å²) >= 11 is 0. The van der Waals surface area contributed by atoms with Crippen molar-refractivity contribution in [1.82, 2.24) is 10.2 Å². The normalized spacial score (nSPS) is 12.3. The van der Waals surface area contributed by atoms with Gasteiger partial charge in [-0.2, -0.15) is 0 Å². The number of carbonyl (C=O) groups is 1. The molecule has 2 amide bonds. The Balaban J connectivity index is 2.69. The Morgan fingerprint density at radius 1 is 1.56 bits per heavy atom. The van der Waals surface area contributed by atoms with E-state index in [4.69, 9.17) is 4.42 Å². The standard InChI is InChI=1S/C12H20N2O2/c1-6-14(5)12(15)13-9(3)11-7-8(2)16-10(11)4/h7,9H,6H2,1-5H3,(H,13,15). The zero-order valence-electron chi connectivity index (χ0n) is 10.6. The van der Waals surface area contributed by atoms with Crippen molar-refractivity contribution in [3.8, 4) is 0 Å². The summed E-state index contributed by atoms with van der Waals surface area (Å²) in [5.74, 6) is 1.74. The average Bonchev–Trinajstić information content (AvgIpc) is 2.56. The molecule has 0 radical (unpaired) electrons. The van der Waals surface area contributed by atoms with Crippen molar-refractivity contribution in [3.63, 3.8) is 0 Å². The zero-order valence-corrected chi connectivity index (χ0v) is 10.6. The minimum absolute atomic E-state index is 0.0288. The van der Waals surface area contributed by atoms with Crippen LogP contribution >= 0.6 is 0 Å². The first-order chi connectivity index (χ1) is 7.45. The van der Waals surface area contributed by atoms with E-state index < -0.39 is 0 Å². The van der Waals surface area contributed by atoms with Crippen LogP contribution in [0.4, 0.5) is 4.79 Å². The maximum absolute atomic E-state index is 11.7. The summed E-state index contributed by atoms with van der Waals surface area (Å²) in [5, 5.41) is 2.93. The van der Waals surface area contributed by atoms with Crippen molar-refractivity contribution < 1.29 is 9.21 Å². The molecule has 16 heavy (non-hydrogen) atoms. The van der Waals surface area contributed by atoms with E-state index >= 15 is 0 Å². The van der Waals surface area contributed by atoms with Gasteiger partial charge in [0.05, 0.1) is 6.04 Å². The van der Waals surface area contributed by atoms with E-state index in [1.54, 1.807) is 11.9 Å². The summed E-state index contributed by atoms with van der Waals surface area (Å²) in [5.41, 5.74) is 1.04. The van der Waals surface area contributed by atoms with Gasteiger partial charge in [-0.1, -0.05) is 0 Å². The molecule has 0 aliphatic heterocycles. The van der Waals surface area contributed by atoms with E-state index in [0.717, 1.165) is 17.1 Å². The predicted molar refractivity (Wildman–Crippen MR) is 63.4 cm³/mol. The Kier molecular flexibility index (Phi) is 3.99. The average molecular weight is 224 g/mol. The van der Waals surface area contributed by atoms with Gasteiger partial charge in [-0.25, -0.2) is 4.79 Å². The molecule has 0 fully saturated rings. The van der Waals surface area contributed by atoms with Gasteiger partial charge >= 0.3 is 6.03 Å². The number of urea groups is 1. The summed E-state index contributed by atoms with van der Waals surface area (Å²) in [6.45, 7) is 8.41. The third-order valence-corrected chi connectivity index (χ3v) is 2.71. The van der Waals surface area contributed by atoms with Gasteiger partial charge in [0.25, 0.3) is 0 Å². The number of amides is 2. The summed E-state index contributed by atoms with van der Waals surface area (Å²) < 4.78 is 5.44. The highest BCUT2D eigenvalue weighted by Crippen LogP contribution is 2.21. The highest BCUT2D eigenvalue weighted by molar-refractivity contribution is 5.74. The first-order valence-corrected chi connectivity index (χ1v) is 5.54. The number of hydrogen-bond donors (Lipinski definition) is 1. The lowest BCUT2D eigenvalue weighted by atomic mass is 10.1. The highest BCUT2D eigenvalue weighted by Gasteiger charge is 2.16. The molecule has 90 valence electrons. The molecule has 1 heterocycles. The summed E-state index contributed by atoms with van der Waals surface area (Å²) in [6.07, 6.45) is 0. The van der Waals surface area contributed by atoms with E-state index in [-0.39, 0.29) is 12.1 Å². The maximum Gasteiger partial charge on any atom is 0.317 e. The summed E-state index contributed by atoms with van der Waals surface area (Å²) in [7, 11) is 1.77. The molecule has 1 aromatic heterocycles. The van der Waals surface area contributed by atoms with Crippen LogP contribution in [-0.4, -0.2) is 24.5 Å². The molecule has 0 bridgehead atoms. The number of nitrogens with zero attached hydrogens (tertiary/aromatic N) is 1. The van der Waals surface area contributed by atoms with E-state index in [0.29, 0.717) is 6.54 Å². The first kappa shape index (κ1) is 12.6. The van der Waals surface area contributed by atoms with Crippen molar-refractivity contribution in [2.24, 2.45) is 0 Å². The molecule has 1 N–H and O–H groups in total. The fourth-order valence-electron chi connectivity index (χ4n) is 1.60. The van der Waals surface area contributed by atoms with E-state index in [2.05, 4.69) is 5.32 Å². The van der Waals surface area contributed by atoms with Crippen molar-refractivity contribution in [3.05, 3.63) is 23.2 Å². The molecule has 0 saturated carbocycles. The third kappa shape index (κ3) is 2.78. The fourth-order valence-corrected chi connectivity index (χ4v) is 1.60. The van der Waals surface area contributed by atoms with Crippen LogP contribution in [0.25, 0.3) is 0 Å². The lowest BCUT2D eigenvalue weighted by Crippen LogP contribution is -2.38. The van der Waals surface area contributed by atoms with Gasteiger partial charge in [0.15, 0.2) is 0 Å². The predicted octanol–water partition coefficient (Wildman–Crippen LogP) is 2.62. The van der Waals surface area contributed by atoms with Crippen molar-refractivity contribution in [1.29, 1.82) is 0 Å². The monoisotopic (exact) mass is 224 g/mol. The second-order valence-electron chi connectivity index (χ2n) is 4.05. The molecule has 1 rings (SSSR count). The Labute approximate surface area is 96.6 Å². The smallest absolute Gasteiger partial charge is 0.317 e. The van der Waals surface area contributed by atoms with Crippen LogP contribution in [0, 0.1) is 13.8 Å². The SMILES string of the molecule is CCN(C)C(=O)NC(C)c1cc(C)oc1C. The van der Waals surface area contributed by atoms with Gasteiger partial charge in [0.2, 0.25) is 0 Å². The quantitative estimate of drug-likeness (QED) is 0.857. The minimum Gasteiger partial charge on any atom is -0.466 e. The lowest BCUT2D eigenvalue weighted by Gasteiger charge is -2.19. The molecule has 1 aromatic rings. The van der Waals surface area contributed by atoms with Crippen LogP contribution in [0.5, 0.6) is 0 Å². The van der Waals surface area contributed by atoms with Gasteiger partial charge in [0, 0.05) is 19.2 Å². The van der Waals surface area contributed by atoms with Crippen LogP contribution in [0.2, 0.25) is 0 Å². The van der Waals surface area contributed by atoms with E-state index in [1.165, 1.54) is 0 Å². The molecule has 0 aliphatic rings. The van der Waals surface area contributed by atoms with Gasteiger partial charge in [-0.3, -0.25) is 0 Å². The number of furan rings is 1. The zero-order chi connectivity index (χ0) is 12.3. The van der Waals surface area contributed by atoms with Gasteiger partial charge in [0.1, 0.15) is 11.5 Å². The molecule has 1 unspecified atom stereocenters. The number of aryl methyl sites for hydroxylation is 2. The van der Waals surface area contributed by atoms with Gasteiger partial charge in [-0.05, 0) is 33.8 Å². The Bertz CT molecular complexity index is 371. The molecule has 4 nitrogen and oxygen atoms in total. The second kappa shape index (κ2) is 5.05. The fraction of sp³-hybridized carbons (Fsp3) is 0.583. The second-order valence-corrected chi connectivity index (χ2v) is 4.05. The molecule has 0 aromatic carbocycles. The van der Waals surface area contributed by atoms with E-state index in [1.807, 2.05) is 33.8 Å². The van der Waals surface area contributed by atoms with Gasteiger partial charge < -0.3 is 14.6 Å². The topological polar surface area (TPSA) is 45.5 Å². The Morgan fingerprint density at radius 3 is 2.62 bits per heavy atom. The van der Waals surface area contributed by atoms with Crippen LogP contribution in [0.3, 0.4) is 0 Å². The molecule has 4 heteroatoms. The van der Waals surface area contributed by atoms with Crippen LogP contribution in [-0.2, 0) is 0 Å². The summed E-state index contributed by atoms with van der Waals surface area (Å²) in [4.78, 5) is 13.3. The first-order valence-electron chi connectivity index (χ1n) is 5.54. The summed E-state index contributed by atoms with van der Waals surface area (Å²) in [6, 6.07) is 1.87. The number of nitrogens with one attached hydrogen (secondary N) is 1.